The zero-order valence-electron chi connectivity index (χ0n) is 10.3. The fraction of sp³-hybridized carbons (Fsp3) is 0.385. The first kappa shape index (κ1) is 12.4. The van der Waals surface area contributed by atoms with E-state index in [4.69, 9.17) is 9.84 Å². The molecule has 2 N–H and O–H groups in total. The average molecular weight is 249 g/mol. The van der Waals surface area contributed by atoms with Crippen LogP contribution in [0.25, 0.3) is 0 Å². The third kappa shape index (κ3) is 2.16. The van der Waals surface area contributed by atoms with Gasteiger partial charge in [-0.3, -0.25) is 4.79 Å². The summed E-state index contributed by atoms with van der Waals surface area (Å²) >= 11 is 0. The minimum absolute atomic E-state index is 0.181. The van der Waals surface area contributed by atoms with Crippen molar-refractivity contribution in [3.8, 4) is 5.75 Å². The molecule has 1 amide bonds. The van der Waals surface area contributed by atoms with E-state index in [-0.39, 0.29) is 18.2 Å². The van der Waals surface area contributed by atoms with Crippen LogP contribution in [-0.2, 0) is 16.0 Å². The number of carboxylic acid groups (broad SMARTS) is 1. The van der Waals surface area contributed by atoms with E-state index in [0.717, 1.165) is 11.1 Å². The molecule has 1 aliphatic rings. The highest BCUT2D eigenvalue weighted by molar-refractivity contribution is 5.87. The molecule has 2 rings (SSSR count). The van der Waals surface area contributed by atoms with Gasteiger partial charge in [0, 0.05) is 5.92 Å². The Hall–Kier alpha value is -2.04. The Morgan fingerprint density at radius 2 is 2.22 bits per heavy atom. The fourth-order valence-corrected chi connectivity index (χ4v) is 2.28. The summed E-state index contributed by atoms with van der Waals surface area (Å²) in [7, 11) is 1.56. The van der Waals surface area contributed by atoms with Crippen molar-refractivity contribution in [1.29, 1.82) is 0 Å². The lowest BCUT2D eigenvalue weighted by atomic mass is 9.90. The molecular weight excluding hydrogens is 234 g/mol. The van der Waals surface area contributed by atoms with Crippen molar-refractivity contribution >= 4 is 11.9 Å². The van der Waals surface area contributed by atoms with Gasteiger partial charge in [0.05, 0.1) is 13.5 Å². The van der Waals surface area contributed by atoms with Gasteiger partial charge in [-0.1, -0.05) is 13.0 Å². The molecule has 0 bridgehead atoms. The highest BCUT2D eigenvalue weighted by Gasteiger charge is 2.32. The number of hydrogen-bond donors (Lipinski definition) is 2. The van der Waals surface area contributed by atoms with Crippen molar-refractivity contribution < 1.29 is 19.4 Å². The van der Waals surface area contributed by atoms with E-state index < -0.39 is 12.0 Å². The minimum atomic E-state index is -1.01. The van der Waals surface area contributed by atoms with Gasteiger partial charge in [-0.05, 0) is 23.3 Å². The van der Waals surface area contributed by atoms with E-state index in [1.165, 1.54) is 0 Å². The summed E-state index contributed by atoms with van der Waals surface area (Å²) in [4.78, 5) is 22.8. The van der Waals surface area contributed by atoms with Gasteiger partial charge in [-0.2, -0.15) is 0 Å². The molecule has 1 aromatic carbocycles. The summed E-state index contributed by atoms with van der Waals surface area (Å²) < 4.78 is 5.12. The molecule has 1 aromatic rings. The molecule has 5 nitrogen and oxygen atoms in total. The second kappa shape index (κ2) is 4.68. The Morgan fingerprint density at radius 1 is 1.50 bits per heavy atom. The van der Waals surface area contributed by atoms with E-state index in [1.807, 2.05) is 6.07 Å². The number of carbonyl (C=O) groups excluding carboxylic acids is 1. The van der Waals surface area contributed by atoms with E-state index in [9.17, 15) is 9.59 Å². The number of methoxy groups -OCH3 is 1. The third-order valence-corrected chi connectivity index (χ3v) is 3.27. The van der Waals surface area contributed by atoms with E-state index in [2.05, 4.69) is 5.32 Å². The van der Waals surface area contributed by atoms with Gasteiger partial charge < -0.3 is 15.2 Å². The zero-order chi connectivity index (χ0) is 13.3. The quantitative estimate of drug-likeness (QED) is 0.817. The van der Waals surface area contributed by atoms with E-state index >= 15 is 0 Å². The van der Waals surface area contributed by atoms with Crippen LogP contribution in [0.3, 0.4) is 0 Å². The normalized spacial score (nSPS) is 22.7. The summed E-state index contributed by atoms with van der Waals surface area (Å²) in [5.74, 6) is -0.891. The summed E-state index contributed by atoms with van der Waals surface area (Å²) in [6.07, 6.45) is 0.181. The van der Waals surface area contributed by atoms with Crippen LogP contribution in [-0.4, -0.2) is 30.1 Å². The highest BCUT2D eigenvalue weighted by atomic mass is 16.5. The summed E-state index contributed by atoms with van der Waals surface area (Å²) in [6, 6.07) is 4.52. The molecule has 0 fully saturated rings. The van der Waals surface area contributed by atoms with E-state index in [1.54, 1.807) is 26.2 Å². The number of benzene rings is 1. The number of aliphatic carboxylic acids is 1. The van der Waals surface area contributed by atoms with Crippen molar-refractivity contribution in [2.45, 2.75) is 25.3 Å². The van der Waals surface area contributed by atoms with Crippen LogP contribution in [0.1, 0.15) is 24.0 Å². The zero-order valence-corrected chi connectivity index (χ0v) is 10.3. The number of carboxylic acids is 1. The van der Waals surface area contributed by atoms with Crippen LogP contribution in [0.4, 0.5) is 0 Å². The van der Waals surface area contributed by atoms with Crippen LogP contribution in [0.2, 0.25) is 0 Å². The summed E-state index contributed by atoms with van der Waals surface area (Å²) in [6.45, 7) is 1.80. The number of ether oxygens (including phenoxy) is 1. The molecule has 0 saturated heterocycles. The SMILES string of the molecule is COc1ccc2c(c1)CC(=O)NC(C(=O)O)C2C. The predicted molar refractivity (Wildman–Crippen MR) is 64.7 cm³/mol. The molecule has 0 radical (unpaired) electrons. The Balaban J connectivity index is 2.47. The van der Waals surface area contributed by atoms with Gasteiger partial charge in [-0.15, -0.1) is 0 Å². The molecular formula is C13H15NO4. The molecule has 0 spiro atoms. The van der Waals surface area contributed by atoms with Gasteiger partial charge in [-0.25, -0.2) is 4.79 Å². The first-order chi connectivity index (χ1) is 8.52. The molecule has 0 aromatic heterocycles. The Bertz CT molecular complexity index is 498. The molecule has 18 heavy (non-hydrogen) atoms. The second-order valence-corrected chi connectivity index (χ2v) is 4.41. The number of nitrogens with one attached hydrogen (secondary N) is 1. The van der Waals surface area contributed by atoms with Crippen molar-refractivity contribution in [1.82, 2.24) is 5.32 Å². The van der Waals surface area contributed by atoms with E-state index in [0.29, 0.717) is 5.75 Å². The minimum Gasteiger partial charge on any atom is -0.497 e. The van der Waals surface area contributed by atoms with Gasteiger partial charge >= 0.3 is 5.97 Å². The van der Waals surface area contributed by atoms with Crippen LogP contribution in [0.5, 0.6) is 5.75 Å². The van der Waals surface area contributed by atoms with Gasteiger partial charge in [0.25, 0.3) is 0 Å². The standard InChI is InChI=1S/C13H15NO4/c1-7-10-4-3-9(18-2)5-8(10)6-11(15)14-12(7)13(16)17/h3-5,7,12H,6H2,1-2H3,(H,14,15)(H,16,17). The first-order valence-corrected chi connectivity index (χ1v) is 5.72. The monoisotopic (exact) mass is 249 g/mol. The number of fused-ring (bicyclic) bond motifs is 1. The molecule has 5 heteroatoms. The van der Waals surface area contributed by atoms with Crippen LogP contribution in [0, 0.1) is 0 Å². The number of hydrogen-bond acceptors (Lipinski definition) is 3. The largest absolute Gasteiger partial charge is 0.497 e. The third-order valence-electron chi connectivity index (χ3n) is 3.27. The van der Waals surface area contributed by atoms with Gasteiger partial charge in [0.1, 0.15) is 11.8 Å². The lowest BCUT2D eigenvalue weighted by Crippen LogP contribution is -2.42. The predicted octanol–water partition coefficient (Wildman–Crippen LogP) is 0.924. The first-order valence-electron chi connectivity index (χ1n) is 5.72. The second-order valence-electron chi connectivity index (χ2n) is 4.41. The van der Waals surface area contributed by atoms with Gasteiger partial charge in [0.2, 0.25) is 5.91 Å². The summed E-state index contributed by atoms with van der Waals surface area (Å²) in [5, 5.41) is 11.7. The highest BCUT2D eigenvalue weighted by Crippen LogP contribution is 2.29. The van der Waals surface area contributed by atoms with Gasteiger partial charge in [0.15, 0.2) is 0 Å². The maximum atomic E-state index is 11.7. The van der Waals surface area contributed by atoms with Crippen molar-refractivity contribution in [2.24, 2.45) is 0 Å². The smallest absolute Gasteiger partial charge is 0.326 e. The molecule has 1 aliphatic heterocycles. The van der Waals surface area contributed by atoms with Crippen molar-refractivity contribution in [3.63, 3.8) is 0 Å². The fourth-order valence-electron chi connectivity index (χ4n) is 2.28. The Morgan fingerprint density at radius 3 is 2.83 bits per heavy atom. The summed E-state index contributed by atoms with van der Waals surface area (Å²) in [5.41, 5.74) is 1.70. The molecule has 0 aliphatic carbocycles. The molecule has 2 atom stereocenters. The Labute approximate surface area is 105 Å². The average Bonchev–Trinajstić information content (AvgIpc) is 2.46. The molecule has 2 unspecified atom stereocenters. The van der Waals surface area contributed by atoms with Crippen LogP contribution < -0.4 is 10.1 Å². The number of carbonyl (C=O) groups is 2. The van der Waals surface area contributed by atoms with Crippen LogP contribution >= 0.6 is 0 Å². The number of amides is 1. The van der Waals surface area contributed by atoms with Crippen LogP contribution in [0.15, 0.2) is 18.2 Å². The number of rotatable bonds is 2. The maximum Gasteiger partial charge on any atom is 0.326 e. The lowest BCUT2D eigenvalue weighted by Gasteiger charge is -2.19. The molecule has 0 saturated carbocycles. The lowest BCUT2D eigenvalue weighted by molar-refractivity contribution is -0.142. The Kier molecular flexibility index (Phi) is 3.23. The molecule has 1 heterocycles. The topological polar surface area (TPSA) is 75.6 Å². The maximum absolute atomic E-state index is 11.7. The van der Waals surface area contributed by atoms with Crippen molar-refractivity contribution in [3.05, 3.63) is 29.3 Å². The van der Waals surface area contributed by atoms with Crippen molar-refractivity contribution in [2.75, 3.05) is 7.11 Å². The molecule has 96 valence electrons.